The molecule has 6 heteroatoms. The molecular weight excluding hydrogens is 319 g/mol. The summed E-state index contributed by atoms with van der Waals surface area (Å²) in [6, 6.07) is 10.3. The molecule has 25 heavy (non-hydrogen) atoms. The van der Waals surface area contributed by atoms with Crippen LogP contribution in [0.1, 0.15) is 0 Å². The predicted molar refractivity (Wildman–Crippen MR) is 93.7 cm³/mol. The smallest absolute Gasteiger partial charge is 0.226 e. The first-order chi connectivity index (χ1) is 12.3. The van der Waals surface area contributed by atoms with Crippen LogP contribution in [-0.4, -0.2) is 41.3 Å². The molecule has 0 spiro atoms. The standard InChI is InChI=1S/C19H17FN4O/c20-16-3-1-2-15(12-16)18-17(14-4-6-21-7-5-14)13-22-19(23-18)24-8-10-25-11-9-24/h1-7,12-13H,8-11H2. The Morgan fingerprint density at radius 1 is 1.00 bits per heavy atom. The van der Waals surface area contributed by atoms with Gasteiger partial charge in [-0.3, -0.25) is 4.98 Å². The lowest BCUT2D eigenvalue weighted by molar-refractivity contribution is 0.122. The first kappa shape index (κ1) is 15.7. The number of ether oxygens (including phenoxy) is 1. The number of hydrogen-bond donors (Lipinski definition) is 0. The van der Waals surface area contributed by atoms with Gasteiger partial charge in [-0.2, -0.15) is 0 Å². The van der Waals surface area contributed by atoms with Crippen molar-refractivity contribution in [3.05, 3.63) is 60.8 Å². The predicted octanol–water partition coefficient (Wildman–Crippen LogP) is 3.18. The van der Waals surface area contributed by atoms with Crippen molar-refractivity contribution in [2.24, 2.45) is 0 Å². The lowest BCUT2D eigenvalue weighted by Gasteiger charge is -2.27. The van der Waals surface area contributed by atoms with Crippen LogP contribution in [0.3, 0.4) is 0 Å². The Balaban J connectivity index is 1.84. The van der Waals surface area contributed by atoms with E-state index in [1.165, 1.54) is 12.1 Å². The normalized spacial score (nSPS) is 14.5. The molecule has 126 valence electrons. The Labute approximate surface area is 145 Å². The van der Waals surface area contributed by atoms with Crippen molar-refractivity contribution in [3.63, 3.8) is 0 Å². The summed E-state index contributed by atoms with van der Waals surface area (Å²) in [5.41, 5.74) is 3.23. The van der Waals surface area contributed by atoms with Crippen LogP contribution in [0.15, 0.2) is 55.0 Å². The molecule has 3 heterocycles. The van der Waals surface area contributed by atoms with Crippen LogP contribution >= 0.6 is 0 Å². The average Bonchev–Trinajstić information content (AvgIpc) is 2.69. The molecule has 2 aromatic heterocycles. The molecule has 0 N–H and O–H groups in total. The number of morpholine rings is 1. The lowest BCUT2D eigenvalue weighted by Crippen LogP contribution is -2.37. The van der Waals surface area contributed by atoms with Crippen LogP contribution in [0.5, 0.6) is 0 Å². The summed E-state index contributed by atoms with van der Waals surface area (Å²) < 4.78 is 19.2. The van der Waals surface area contributed by atoms with Crippen molar-refractivity contribution in [2.75, 3.05) is 31.2 Å². The molecule has 0 atom stereocenters. The van der Waals surface area contributed by atoms with Crippen molar-refractivity contribution in [2.45, 2.75) is 0 Å². The highest BCUT2D eigenvalue weighted by atomic mass is 19.1. The van der Waals surface area contributed by atoms with Gasteiger partial charge in [0, 0.05) is 42.8 Å². The fraction of sp³-hybridized carbons (Fsp3) is 0.211. The number of hydrogen-bond acceptors (Lipinski definition) is 5. The highest BCUT2D eigenvalue weighted by Crippen LogP contribution is 2.31. The zero-order valence-corrected chi connectivity index (χ0v) is 13.6. The van der Waals surface area contributed by atoms with E-state index in [0.717, 1.165) is 29.8 Å². The number of nitrogens with zero attached hydrogens (tertiary/aromatic N) is 4. The van der Waals surface area contributed by atoms with Gasteiger partial charge in [0.1, 0.15) is 5.82 Å². The molecule has 0 bridgehead atoms. The number of benzene rings is 1. The number of pyridine rings is 1. The summed E-state index contributed by atoms with van der Waals surface area (Å²) in [5, 5.41) is 0. The molecule has 1 fully saturated rings. The molecule has 4 rings (SSSR count). The van der Waals surface area contributed by atoms with Crippen molar-refractivity contribution in [1.29, 1.82) is 0 Å². The maximum atomic E-state index is 13.8. The third-order valence-corrected chi connectivity index (χ3v) is 4.16. The van der Waals surface area contributed by atoms with Crippen LogP contribution < -0.4 is 4.90 Å². The summed E-state index contributed by atoms with van der Waals surface area (Å²) in [4.78, 5) is 15.4. The number of anilines is 1. The molecule has 0 aliphatic carbocycles. The maximum Gasteiger partial charge on any atom is 0.226 e. The van der Waals surface area contributed by atoms with E-state index in [1.54, 1.807) is 24.7 Å². The van der Waals surface area contributed by atoms with Gasteiger partial charge >= 0.3 is 0 Å². The third-order valence-electron chi connectivity index (χ3n) is 4.16. The summed E-state index contributed by atoms with van der Waals surface area (Å²) in [7, 11) is 0. The van der Waals surface area contributed by atoms with Gasteiger partial charge in [-0.25, -0.2) is 14.4 Å². The highest BCUT2D eigenvalue weighted by molar-refractivity contribution is 5.80. The minimum atomic E-state index is -0.287. The van der Waals surface area contributed by atoms with E-state index < -0.39 is 0 Å². The van der Waals surface area contributed by atoms with Crippen molar-refractivity contribution in [1.82, 2.24) is 15.0 Å². The molecule has 1 aliphatic heterocycles. The number of halogens is 1. The Morgan fingerprint density at radius 3 is 2.56 bits per heavy atom. The monoisotopic (exact) mass is 336 g/mol. The van der Waals surface area contributed by atoms with E-state index in [9.17, 15) is 4.39 Å². The van der Waals surface area contributed by atoms with Gasteiger partial charge < -0.3 is 9.64 Å². The first-order valence-corrected chi connectivity index (χ1v) is 8.17. The molecule has 1 saturated heterocycles. The first-order valence-electron chi connectivity index (χ1n) is 8.17. The van der Waals surface area contributed by atoms with Crippen molar-refractivity contribution in [3.8, 4) is 22.4 Å². The van der Waals surface area contributed by atoms with Crippen LogP contribution in [0, 0.1) is 5.82 Å². The van der Waals surface area contributed by atoms with Crippen molar-refractivity contribution >= 4 is 5.95 Å². The van der Waals surface area contributed by atoms with Gasteiger partial charge in [0.15, 0.2) is 0 Å². The largest absolute Gasteiger partial charge is 0.378 e. The van der Waals surface area contributed by atoms with Crippen LogP contribution in [0.25, 0.3) is 22.4 Å². The topological polar surface area (TPSA) is 51.1 Å². The zero-order valence-electron chi connectivity index (χ0n) is 13.6. The molecular formula is C19H17FN4O. The molecule has 0 saturated carbocycles. The second-order valence-electron chi connectivity index (χ2n) is 5.78. The third kappa shape index (κ3) is 3.34. The van der Waals surface area contributed by atoms with E-state index in [1.807, 2.05) is 18.2 Å². The lowest BCUT2D eigenvalue weighted by atomic mass is 10.0. The zero-order chi connectivity index (χ0) is 17.1. The second kappa shape index (κ2) is 6.94. The minimum Gasteiger partial charge on any atom is -0.378 e. The van der Waals surface area contributed by atoms with E-state index >= 15 is 0 Å². The molecule has 1 aromatic carbocycles. The molecule has 0 radical (unpaired) electrons. The Bertz CT molecular complexity index is 866. The second-order valence-corrected chi connectivity index (χ2v) is 5.78. The van der Waals surface area contributed by atoms with E-state index in [0.29, 0.717) is 24.9 Å². The SMILES string of the molecule is Fc1cccc(-c2nc(N3CCOCC3)ncc2-c2ccncc2)c1. The van der Waals surface area contributed by atoms with Gasteiger partial charge in [-0.1, -0.05) is 12.1 Å². The summed E-state index contributed by atoms with van der Waals surface area (Å²) >= 11 is 0. The fourth-order valence-electron chi connectivity index (χ4n) is 2.89. The molecule has 0 unspecified atom stereocenters. The van der Waals surface area contributed by atoms with Gasteiger partial charge in [0.05, 0.1) is 18.9 Å². The Kier molecular flexibility index (Phi) is 4.35. The average molecular weight is 336 g/mol. The highest BCUT2D eigenvalue weighted by Gasteiger charge is 2.17. The van der Waals surface area contributed by atoms with Crippen molar-refractivity contribution < 1.29 is 9.13 Å². The summed E-state index contributed by atoms with van der Waals surface area (Å²) in [6.45, 7) is 2.81. The summed E-state index contributed by atoms with van der Waals surface area (Å²) in [5.74, 6) is 0.352. The molecule has 3 aromatic rings. The van der Waals surface area contributed by atoms with E-state index in [4.69, 9.17) is 9.72 Å². The molecule has 0 amide bonds. The fourth-order valence-corrected chi connectivity index (χ4v) is 2.89. The summed E-state index contributed by atoms with van der Waals surface area (Å²) in [6.07, 6.45) is 5.24. The Morgan fingerprint density at radius 2 is 1.80 bits per heavy atom. The van der Waals surface area contributed by atoms with Crippen LogP contribution in [0.2, 0.25) is 0 Å². The maximum absolute atomic E-state index is 13.8. The van der Waals surface area contributed by atoms with E-state index in [2.05, 4.69) is 14.9 Å². The molecule has 1 aliphatic rings. The van der Waals surface area contributed by atoms with Gasteiger partial charge in [-0.15, -0.1) is 0 Å². The van der Waals surface area contributed by atoms with Crippen LogP contribution in [-0.2, 0) is 4.74 Å². The molecule has 5 nitrogen and oxygen atoms in total. The van der Waals surface area contributed by atoms with Gasteiger partial charge in [0.25, 0.3) is 0 Å². The number of aromatic nitrogens is 3. The van der Waals surface area contributed by atoms with E-state index in [-0.39, 0.29) is 5.82 Å². The van der Waals surface area contributed by atoms with Crippen LogP contribution in [0.4, 0.5) is 10.3 Å². The Hall–Kier alpha value is -2.86. The van der Waals surface area contributed by atoms with Gasteiger partial charge in [0.2, 0.25) is 5.95 Å². The minimum absolute atomic E-state index is 0.287. The number of rotatable bonds is 3. The quantitative estimate of drug-likeness (QED) is 0.735. The van der Waals surface area contributed by atoms with Gasteiger partial charge in [-0.05, 0) is 29.8 Å².